The lowest BCUT2D eigenvalue weighted by atomic mass is 9.87. The van der Waals surface area contributed by atoms with E-state index >= 15 is 0 Å². The van der Waals surface area contributed by atoms with Crippen molar-refractivity contribution in [3.63, 3.8) is 0 Å². The van der Waals surface area contributed by atoms with Crippen molar-refractivity contribution < 1.29 is 9.50 Å². The first-order valence-corrected chi connectivity index (χ1v) is 5.82. The van der Waals surface area contributed by atoms with Gasteiger partial charge in [-0.25, -0.2) is 4.39 Å². The first kappa shape index (κ1) is 12.7. The van der Waals surface area contributed by atoms with Crippen LogP contribution in [0, 0.1) is 19.7 Å². The van der Waals surface area contributed by atoms with Crippen LogP contribution in [0.4, 0.5) is 4.39 Å². The molecule has 1 N–H and O–H groups in total. The van der Waals surface area contributed by atoms with Crippen LogP contribution in [0.15, 0.2) is 36.7 Å². The minimum absolute atomic E-state index is 0.448. The Labute approximate surface area is 106 Å². The Balaban J connectivity index is 2.50. The molecule has 2 aromatic rings. The van der Waals surface area contributed by atoms with Gasteiger partial charge in [-0.2, -0.15) is 0 Å². The zero-order valence-electron chi connectivity index (χ0n) is 10.7. The van der Waals surface area contributed by atoms with E-state index in [-0.39, 0.29) is 0 Å². The molecule has 0 aliphatic rings. The molecule has 0 bridgehead atoms. The summed E-state index contributed by atoms with van der Waals surface area (Å²) in [5, 5.41) is 10.6. The lowest BCUT2D eigenvalue weighted by Crippen LogP contribution is -2.23. The second-order valence-corrected chi connectivity index (χ2v) is 4.76. The van der Waals surface area contributed by atoms with Crippen molar-refractivity contribution >= 4 is 0 Å². The van der Waals surface area contributed by atoms with Crippen molar-refractivity contribution in [3.8, 4) is 0 Å². The number of benzene rings is 1. The summed E-state index contributed by atoms with van der Waals surface area (Å²) in [6, 6.07) is 7.03. The smallest absolute Gasteiger partial charge is 0.141 e. The average Bonchev–Trinajstić information content (AvgIpc) is 2.32. The minimum atomic E-state index is -1.24. The third kappa shape index (κ3) is 2.27. The second kappa shape index (κ2) is 4.50. The van der Waals surface area contributed by atoms with Gasteiger partial charge in [0, 0.05) is 11.8 Å². The molecule has 2 nitrogen and oxygen atoms in total. The van der Waals surface area contributed by atoms with Gasteiger partial charge in [0.15, 0.2) is 0 Å². The highest BCUT2D eigenvalue weighted by atomic mass is 19.1. The van der Waals surface area contributed by atoms with E-state index in [9.17, 15) is 9.50 Å². The highest BCUT2D eigenvalue weighted by molar-refractivity contribution is 5.38. The van der Waals surface area contributed by atoms with Gasteiger partial charge >= 0.3 is 0 Å². The monoisotopic (exact) mass is 245 g/mol. The van der Waals surface area contributed by atoms with Crippen LogP contribution >= 0.6 is 0 Å². The molecule has 1 unspecified atom stereocenters. The molecular weight excluding hydrogens is 229 g/mol. The van der Waals surface area contributed by atoms with Crippen molar-refractivity contribution in [2.24, 2.45) is 0 Å². The van der Waals surface area contributed by atoms with Crippen molar-refractivity contribution in [2.75, 3.05) is 0 Å². The number of aromatic nitrogens is 1. The second-order valence-electron chi connectivity index (χ2n) is 4.76. The van der Waals surface area contributed by atoms with Gasteiger partial charge in [-0.15, -0.1) is 0 Å². The molecule has 1 atom stereocenters. The molecule has 0 aliphatic carbocycles. The molecule has 0 amide bonds. The van der Waals surface area contributed by atoms with Crippen LogP contribution in [-0.2, 0) is 5.60 Å². The number of rotatable bonds is 2. The maximum atomic E-state index is 13.2. The van der Waals surface area contributed by atoms with Crippen LogP contribution in [-0.4, -0.2) is 10.1 Å². The number of hydrogen-bond acceptors (Lipinski definition) is 2. The first-order valence-electron chi connectivity index (χ1n) is 5.82. The van der Waals surface area contributed by atoms with Crippen LogP contribution in [0.5, 0.6) is 0 Å². The molecule has 0 spiro atoms. The Morgan fingerprint density at radius 2 is 1.78 bits per heavy atom. The molecule has 1 aromatic heterocycles. The van der Waals surface area contributed by atoms with Gasteiger partial charge in [0.1, 0.15) is 11.4 Å². The molecule has 0 radical (unpaired) electrons. The fourth-order valence-corrected chi connectivity index (χ4v) is 1.89. The van der Waals surface area contributed by atoms with Crippen molar-refractivity contribution in [3.05, 3.63) is 64.7 Å². The molecule has 0 aliphatic heterocycles. The van der Waals surface area contributed by atoms with Gasteiger partial charge in [0.25, 0.3) is 0 Å². The summed E-state index contributed by atoms with van der Waals surface area (Å²) in [5.74, 6) is -0.448. The van der Waals surface area contributed by atoms with Crippen LogP contribution in [0.2, 0.25) is 0 Å². The van der Waals surface area contributed by atoms with E-state index in [2.05, 4.69) is 4.98 Å². The number of aliphatic hydroxyl groups is 1. The quantitative estimate of drug-likeness (QED) is 0.882. The molecule has 0 saturated heterocycles. The summed E-state index contributed by atoms with van der Waals surface area (Å²) in [6.45, 7) is 5.64. The summed E-state index contributed by atoms with van der Waals surface area (Å²) in [4.78, 5) is 3.78. The van der Waals surface area contributed by atoms with Crippen LogP contribution in [0.3, 0.4) is 0 Å². The van der Waals surface area contributed by atoms with Gasteiger partial charge in [-0.3, -0.25) is 4.98 Å². The molecule has 3 heteroatoms. The Morgan fingerprint density at radius 1 is 1.06 bits per heavy atom. The number of halogens is 1. The van der Waals surface area contributed by atoms with Crippen LogP contribution in [0.25, 0.3) is 0 Å². The SMILES string of the molecule is Cc1ccc(C(C)(O)c2cncc(F)c2)cc1C. The number of aryl methyl sites for hydroxylation is 2. The Bertz CT molecular complexity index is 578. The lowest BCUT2D eigenvalue weighted by molar-refractivity contribution is 0.101. The van der Waals surface area contributed by atoms with Crippen molar-refractivity contribution in [2.45, 2.75) is 26.4 Å². The summed E-state index contributed by atoms with van der Waals surface area (Å²) in [7, 11) is 0. The van der Waals surface area contributed by atoms with E-state index in [0.29, 0.717) is 5.56 Å². The molecular formula is C15H16FNO. The fraction of sp³-hybridized carbons (Fsp3) is 0.267. The third-order valence-electron chi connectivity index (χ3n) is 3.34. The van der Waals surface area contributed by atoms with Gasteiger partial charge < -0.3 is 5.11 Å². The van der Waals surface area contributed by atoms with Crippen molar-refractivity contribution in [1.82, 2.24) is 4.98 Å². The summed E-state index contributed by atoms with van der Waals surface area (Å²) < 4.78 is 13.2. The molecule has 0 saturated carbocycles. The minimum Gasteiger partial charge on any atom is -0.381 e. The van der Waals surface area contributed by atoms with Gasteiger partial charge in [0.2, 0.25) is 0 Å². The standard InChI is InChI=1S/C15H16FNO/c1-10-4-5-12(6-11(10)2)15(3,18)13-7-14(16)9-17-8-13/h4-9,18H,1-3H3. The van der Waals surface area contributed by atoms with Crippen molar-refractivity contribution in [1.29, 1.82) is 0 Å². The summed E-state index contributed by atoms with van der Waals surface area (Å²) in [5.41, 5.74) is 2.20. The van der Waals surface area contributed by atoms with Crippen LogP contribution in [0.1, 0.15) is 29.2 Å². The normalized spacial score (nSPS) is 14.3. The highest BCUT2D eigenvalue weighted by Crippen LogP contribution is 2.30. The Hall–Kier alpha value is -1.74. The molecule has 1 aromatic carbocycles. The van der Waals surface area contributed by atoms with Gasteiger partial charge in [-0.1, -0.05) is 18.2 Å². The van der Waals surface area contributed by atoms with Gasteiger partial charge in [-0.05, 0) is 43.5 Å². The third-order valence-corrected chi connectivity index (χ3v) is 3.34. The molecule has 1 heterocycles. The number of pyridine rings is 1. The predicted molar refractivity (Wildman–Crippen MR) is 68.8 cm³/mol. The first-order chi connectivity index (χ1) is 8.41. The molecule has 18 heavy (non-hydrogen) atoms. The molecule has 2 rings (SSSR count). The molecule has 0 fully saturated rings. The van der Waals surface area contributed by atoms with E-state index in [1.165, 1.54) is 12.3 Å². The largest absolute Gasteiger partial charge is 0.381 e. The van der Waals surface area contributed by atoms with E-state index in [1.54, 1.807) is 6.92 Å². The van der Waals surface area contributed by atoms with E-state index in [0.717, 1.165) is 22.9 Å². The predicted octanol–water partition coefficient (Wildman–Crippen LogP) is 3.09. The summed E-state index contributed by atoms with van der Waals surface area (Å²) >= 11 is 0. The fourth-order valence-electron chi connectivity index (χ4n) is 1.89. The maximum absolute atomic E-state index is 13.2. The zero-order chi connectivity index (χ0) is 13.3. The lowest BCUT2D eigenvalue weighted by Gasteiger charge is -2.25. The van der Waals surface area contributed by atoms with E-state index < -0.39 is 11.4 Å². The maximum Gasteiger partial charge on any atom is 0.141 e. The van der Waals surface area contributed by atoms with Crippen LogP contribution < -0.4 is 0 Å². The highest BCUT2D eigenvalue weighted by Gasteiger charge is 2.26. The van der Waals surface area contributed by atoms with E-state index in [4.69, 9.17) is 0 Å². The number of nitrogens with zero attached hydrogens (tertiary/aromatic N) is 1. The Kier molecular flexibility index (Phi) is 3.18. The molecule has 94 valence electrons. The topological polar surface area (TPSA) is 33.1 Å². The Morgan fingerprint density at radius 3 is 2.39 bits per heavy atom. The summed E-state index contributed by atoms with van der Waals surface area (Å²) in [6.07, 6.45) is 2.61. The van der Waals surface area contributed by atoms with E-state index in [1.807, 2.05) is 32.0 Å². The average molecular weight is 245 g/mol. The zero-order valence-corrected chi connectivity index (χ0v) is 10.7. The van der Waals surface area contributed by atoms with Gasteiger partial charge in [0.05, 0.1) is 6.20 Å². The number of hydrogen-bond donors (Lipinski definition) is 1.